The van der Waals surface area contributed by atoms with E-state index in [9.17, 15) is 9.18 Å². The van der Waals surface area contributed by atoms with Crippen molar-refractivity contribution in [2.75, 3.05) is 13.7 Å². The van der Waals surface area contributed by atoms with Crippen LogP contribution >= 0.6 is 22.6 Å². The number of hydrogen-bond donors (Lipinski definition) is 0. The first kappa shape index (κ1) is 29.1. The van der Waals surface area contributed by atoms with Crippen molar-refractivity contribution in [3.05, 3.63) is 110 Å². The van der Waals surface area contributed by atoms with Crippen molar-refractivity contribution >= 4 is 39.6 Å². The lowest BCUT2D eigenvalue weighted by molar-refractivity contribution is -0.0589. The van der Waals surface area contributed by atoms with Crippen LogP contribution in [-0.4, -0.2) is 40.3 Å². The standard InChI is InChI=1S/C32H25F3IN3O4/c1-41-32(40)18-6-8-28-29(12-18)39(16-22-9-10-42-22)30(37-28)13-20-11-26(35)23(15-25(20)34)27-3-2-4-31(38-27)43-17-19-5-7-21(36)14-24(19)33/h2-8,11-12,14-15,22H,9-10,13,16-17H2,1H3. The molecule has 220 valence electrons. The number of halogens is 4. The Labute approximate surface area is 258 Å². The molecule has 0 bridgehead atoms. The molecule has 1 aliphatic rings. The molecule has 0 amide bonds. The van der Waals surface area contributed by atoms with Gasteiger partial charge in [-0.25, -0.2) is 27.9 Å². The zero-order valence-corrected chi connectivity index (χ0v) is 25.1. The molecule has 0 aliphatic carbocycles. The van der Waals surface area contributed by atoms with E-state index in [-0.39, 0.29) is 41.8 Å². The van der Waals surface area contributed by atoms with Crippen LogP contribution in [-0.2, 0) is 29.0 Å². The topological polar surface area (TPSA) is 75.5 Å². The number of rotatable bonds is 9. The Morgan fingerprint density at radius 3 is 2.56 bits per heavy atom. The van der Waals surface area contributed by atoms with Crippen molar-refractivity contribution in [2.24, 2.45) is 0 Å². The van der Waals surface area contributed by atoms with Crippen LogP contribution in [0.5, 0.6) is 5.88 Å². The molecular weight excluding hydrogens is 674 g/mol. The van der Waals surface area contributed by atoms with Gasteiger partial charge in [-0.1, -0.05) is 12.1 Å². The molecule has 0 spiro atoms. The lowest BCUT2D eigenvalue weighted by atomic mass is 10.0. The van der Waals surface area contributed by atoms with E-state index in [0.29, 0.717) is 41.1 Å². The van der Waals surface area contributed by atoms with E-state index in [0.717, 1.165) is 22.1 Å². The first-order chi connectivity index (χ1) is 20.8. The van der Waals surface area contributed by atoms with E-state index < -0.39 is 23.4 Å². The highest BCUT2D eigenvalue weighted by atomic mass is 127. The van der Waals surface area contributed by atoms with Crippen molar-refractivity contribution in [1.82, 2.24) is 14.5 Å². The number of carbonyl (C=O) groups is 1. The van der Waals surface area contributed by atoms with Crippen LogP contribution < -0.4 is 4.74 Å². The Morgan fingerprint density at radius 2 is 1.81 bits per heavy atom. The van der Waals surface area contributed by atoms with Crippen LogP contribution in [0.1, 0.15) is 33.7 Å². The van der Waals surface area contributed by atoms with E-state index in [1.54, 1.807) is 48.5 Å². The molecule has 6 rings (SSSR count). The number of hydrogen-bond acceptors (Lipinski definition) is 6. The molecule has 1 atom stereocenters. The average molecular weight is 699 g/mol. The zero-order valence-electron chi connectivity index (χ0n) is 23.0. The first-order valence-electron chi connectivity index (χ1n) is 13.5. The van der Waals surface area contributed by atoms with E-state index in [1.807, 2.05) is 27.2 Å². The van der Waals surface area contributed by atoms with Crippen molar-refractivity contribution in [3.63, 3.8) is 0 Å². The smallest absolute Gasteiger partial charge is 0.337 e. The minimum atomic E-state index is -0.664. The number of ether oxygens (including phenoxy) is 3. The third-order valence-corrected chi connectivity index (χ3v) is 7.97. The molecule has 1 unspecified atom stereocenters. The van der Waals surface area contributed by atoms with Crippen LogP contribution in [0.3, 0.4) is 0 Å². The summed E-state index contributed by atoms with van der Waals surface area (Å²) in [4.78, 5) is 21.1. The quantitative estimate of drug-likeness (QED) is 0.124. The summed E-state index contributed by atoms with van der Waals surface area (Å²) in [6.45, 7) is 1.05. The summed E-state index contributed by atoms with van der Waals surface area (Å²) < 4.78 is 63.9. The normalized spacial score (nSPS) is 14.5. The largest absolute Gasteiger partial charge is 0.473 e. The van der Waals surface area contributed by atoms with Crippen molar-refractivity contribution in [3.8, 4) is 17.1 Å². The molecule has 3 aromatic carbocycles. The number of nitrogens with zero attached hydrogens (tertiary/aromatic N) is 3. The van der Waals surface area contributed by atoms with Crippen LogP contribution in [0.15, 0.2) is 66.7 Å². The summed E-state index contributed by atoms with van der Waals surface area (Å²) in [5.41, 5.74) is 2.26. The van der Waals surface area contributed by atoms with Crippen molar-refractivity contribution in [1.29, 1.82) is 0 Å². The number of esters is 1. The Hall–Kier alpha value is -3.97. The number of fused-ring (bicyclic) bond motifs is 1. The predicted octanol–water partition coefficient (Wildman–Crippen LogP) is 6.87. The van der Waals surface area contributed by atoms with Gasteiger partial charge in [-0.15, -0.1) is 0 Å². The molecule has 3 heterocycles. The number of pyridine rings is 1. The van der Waals surface area contributed by atoms with Crippen LogP contribution in [0.2, 0.25) is 0 Å². The average Bonchev–Trinajstić information content (AvgIpc) is 3.31. The van der Waals surface area contributed by atoms with Crippen LogP contribution in [0.4, 0.5) is 13.2 Å². The highest BCUT2D eigenvalue weighted by Crippen LogP contribution is 2.29. The molecular formula is C32H25F3IN3O4. The Morgan fingerprint density at radius 1 is 1.00 bits per heavy atom. The number of aromatic nitrogens is 3. The van der Waals surface area contributed by atoms with Gasteiger partial charge in [0, 0.05) is 33.8 Å². The Kier molecular flexibility index (Phi) is 8.35. The van der Waals surface area contributed by atoms with Gasteiger partial charge in [-0.3, -0.25) is 0 Å². The van der Waals surface area contributed by atoms with Gasteiger partial charge in [0.1, 0.15) is 29.9 Å². The molecule has 7 nitrogen and oxygen atoms in total. The van der Waals surface area contributed by atoms with Crippen LogP contribution in [0, 0.1) is 21.0 Å². The highest BCUT2D eigenvalue weighted by molar-refractivity contribution is 14.1. The first-order valence-corrected chi connectivity index (χ1v) is 14.6. The predicted molar refractivity (Wildman–Crippen MR) is 161 cm³/mol. The minimum absolute atomic E-state index is 0.0101. The summed E-state index contributed by atoms with van der Waals surface area (Å²) in [7, 11) is 1.31. The maximum absolute atomic E-state index is 15.5. The fourth-order valence-corrected chi connectivity index (χ4v) is 5.37. The molecule has 1 saturated heterocycles. The zero-order chi connectivity index (χ0) is 30.1. The molecule has 5 aromatic rings. The van der Waals surface area contributed by atoms with Gasteiger partial charge in [-0.05, 0) is 83.1 Å². The van der Waals surface area contributed by atoms with E-state index >= 15 is 8.78 Å². The molecule has 1 aliphatic heterocycles. The third kappa shape index (κ3) is 6.23. The van der Waals surface area contributed by atoms with Gasteiger partial charge >= 0.3 is 5.97 Å². The molecule has 11 heteroatoms. The van der Waals surface area contributed by atoms with Gasteiger partial charge in [-0.2, -0.15) is 0 Å². The van der Waals surface area contributed by atoms with Gasteiger partial charge in [0.15, 0.2) is 0 Å². The summed E-state index contributed by atoms with van der Waals surface area (Å²) in [5, 5.41) is 0. The second-order valence-corrected chi connectivity index (χ2v) is 11.3. The summed E-state index contributed by atoms with van der Waals surface area (Å²) >= 11 is 2.02. The fourth-order valence-electron chi connectivity index (χ4n) is 4.91. The van der Waals surface area contributed by atoms with E-state index in [2.05, 4.69) is 9.97 Å². The summed E-state index contributed by atoms with van der Waals surface area (Å²) in [6.07, 6.45) is 0.837. The molecule has 0 radical (unpaired) electrons. The number of methoxy groups -OCH3 is 1. The molecule has 1 fully saturated rings. The van der Waals surface area contributed by atoms with Gasteiger partial charge < -0.3 is 18.8 Å². The lowest BCUT2D eigenvalue weighted by Crippen LogP contribution is -2.31. The summed E-state index contributed by atoms with van der Waals surface area (Å²) in [5.74, 6) is -1.51. The molecule has 0 saturated carbocycles. The van der Waals surface area contributed by atoms with Crippen molar-refractivity contribution < 1.29 is 32.2 Å². The van der Waals surface area contributed by atoms with E-state index in [4.69, 9.17) is 14.2 Å². The molecule has 2 aromatic heterocycles. The second-order valence-electron chi connectivity index (χ2n) is 10.1. The lowest BCUT2D eigenvalue weighted by Gasteiger charge is -2.27. The molecule has 0 N–H and O–H groups in total. The highest BCUT2D eigenvalue weighted by Gasteiger charge is 2.24. The monoisotopic (exact) mass is 699 g/mol. The third-order valence-electron chi connectivity index (χ3n) is 7.30. The number of carbonyl (C=O) groups excluding carboxylic acids is 1. The van der Waals surface area contributed by atoms with Gasteiger partial charge in [0.2, 0.25) is 5.88 Å². The Bertz CT molecular complexity index is 1840. The fraction of sp³-hybridized carbons (Fsp3) is 0.219. The van der Waals surface area contributed by atoms with Crippen LogP contribution in [0.25, 0.3) is 22.3 Å². The maximum Gasteiger partial charge on any atom is 0.337 e. The Balaban J connectivity index is 1.27. The maximum atomic E-state index is 15.5. The SMILES string of the molecule is COC(=O)c1ccc2nc(Cc3cc(F)c(-c4cccc(OCc5ccc(I)cc5F)n4)cc3F)n(CC3CCO3)c2c1. The van der Waals surface area contributed by atoms with Crippen molar-refractivity contribution in [2.45, 2.75) is 32.1 Å². The van der Waals surface area contributed by atoms with Gasteiger partial charge in [0.05, 0.1) is 42.0 Å². The number of imidazole rings is 1. The van der Waals surface area contributed by atoms with Gasteiger partial charge in [0.25, 0.3) is 0 Å². The minimum Gasteiger partial charge on any atom is -0.473 e. The molecule has 43 heavy (non-hydrogen) atoms. The van der Waals surface area contributed by atoms with E-state index in [1.165, 1.54) is 13.2 Å². The second kappa shape index (κ2) is 12.3. The number of benzene rings is 3. The summed E-state index contributed by atoms with van der Waals surface area (Å²) in [6, 6.07) is 16.8.